The Labute approximate surface area is 67.3 Å². The summed E-state index contributed by atoms with van der Waals surface area (Å²) in [5, 5.41) is 0.271. The van der Waals surface area contributed by atoms with E-state index in [0.717, 1.165) is 4.47 Å². The lowest BCUT2D eigenvalue weighted by atomic mass is 10.4. The summed E-state index contributed by atoms with van der Waals surface area (Å²) >= 11 is 3.18. The first kappa shape index (κ1) is 7.96. The number of halogens is 2. The van der Waals surface area contributed by atoms with Crippen LogP contribution in [0.2, 0.25) is 0 Å². The summed E-state index contributed by atoms with van der Waals surface area (Å²) in [5.74, 6) is 0. The molecule has 0 N–H and O–H groups in total. The SMILES string of the molecule is O=[PH](F)c1ccc(Br)cc1. The van der Waals surface area contributed by atoms with E-state index in [1.165, 1.54) is 12.1 Å². The van der Waals surface area contributed by atoms with Crippen LogP contribution in [0.3, 0.4) is 0 Å². The first-order valence-electron chi connectivity index (χ1n) is 2.65. The highest BCUT2D eigenvalue weighted by atomic mass is 79.9. The fourth-order valence-corrected chi connectivity index (χ4v) is 1.27. The number of hydrogen-bond acceptors (Lipinski definition) is 1. The molecule has 0 fully saturated rings. The van der Waals surface area contributed by atoms with Crippen molar-refractivity contribution in [3.63, 3.8) is 0 Å². The molecule has 0 amide bonds. The first-order chi connectivity index (χ1) is 4.70. The van der Waals surface area contributed by atoms with Gasteiger partial charge in [-0.25, -0.2) is 0 Å². The van der Waals surface area contributed by atoms with Crippen LogP contribution in [0.1, 0.15) is 0 Å². The average molecular weight is 223 g/mol. The summed E-state index contributed by atoms with van der Waals surface area (Å²) < 4.78 is 23.2. The van der Waals surface area contributed by atoms with Crippen LogP contribution in [0, 0.1) is 0 Å². The molecule has 1 aromatic rings. The molecule has 1 atom stereocenters. The molecule has 0 bridgehead atoms. The van der Waals surface area contributed by atoms with Crippen LogP contribution in [0.4, 0.5) is 4.20 Å². The van der Waals surface area contributed by atoms with E-state index in [9.17, 15) is 8.76 Å². The van der Waals surface area contributed by atoms with Crippen LogP contribution < -0.4 is 5.30 Å². The standard InChI is InChI=1S/C6H5BrFOP/c7-5-1-3-6(4-2-5)10(8)9/h1-4,10H. The van der Waals surface area contributed by atoms with Crippen molar-refractivity contribution >= 4 is 29.3 Å². The molecule has 0 radical (unpaired) electrons. The molecule has 0 saturated heterocycles. The van der Waals surface area contributed by atoms with Crippen LogP contribution in [-0.2, 0) is 4.57 Å². The number of benzene rings is 1. The van der Waals surface area contributed by atoms with Crippen LogP contribution in [0.25, 0.3) is 0 Å². The highest BCUT2D eigenvalue weighted by Crippen LogP contribution is 2.21. The van der Waals surface area contributed by atoms with Crippen LogP contribution in [0.15, 0.2) is 28.7 Å². The van der Waals surface area contributed by atoms with Gasteiger partial charge in [-0.1, -0.05) is 15.9 Å². The van der Waals surface area contributed by atoms with E-state index in [4.69, 9.17) is 0 Å². The minimum Gasteiger partial charge on any atom is -0.286 e. The Morgan fingerprint density at radius 3 is 2.20 bits per heavy atom. The summed E-state index contributed by atoms with van der Waals surface area (Å²) in [5.41, 5.74) is 0. The maximum absolute atomic E-state index is 12.1. The summed E-state index contributed by atoms with van der Waals surface area (Å²) in [6.07, 6.45) is 0. The molecule has 0 aliphatic carbocycles. The minimum absolute atomic E-state index is 0.271. The lowest BCUT2D eigenvalue weighted by Crippen LogP contribution is -1.90. The summed E-state index contributed by atoms with van der Waals surface area (Å²) in [4.78, 5) is 0. The monoisotopic (exact) mass is 222 g/mol. The lowest BCUT2D eigenvalue weighted by molar-refractivity contribution is 0.567. The Hall–Kier alpha value is -0.140. The van der Waals surface area contributed by atoms with Crippen molar-refractivity contribution in [3.8, 4) is 0 Å². The third-order valence-corrected chi connectivity index (χ3v) is 2.39. The summed E-state index contributed by atoms with van der Waals surface area (Å²) in [6.45, 7) is 0. The maximum Gasteiger partial charge on any atom is 0.261 e. The molecule has 10 heavy (non-hydrogen) atoms. The van der Waals surface area contributed by atoms with Gasteiger partial charge in [-0.05, 0) is 24.3 Å². The zero-order valence-electron chi connectivity index (χ0n) is 4.97. The quantitative estimate of drug-likeness (QED) is 0.668. The van der Waals surface area contributed by atoms with Crippen molar-refractivity contribution in [3.05, 3.63) is 28.7 Å². The van der Waals surface area contributed by atoms with Gasteiger partial charge in [0, 0.05) is 9.78 Å². The lowest BCUT2D eigenvalue weighted by Gasteiger charge is -1.91. The van der Waals surface area contributed by atoms with Gasteiger partial charge in [-0.2, -0.15) is 4.20 Å². The average Bonchev–Trinajstić information content (AvgIpc) is 1.88. The van der Waals surface area contributed by atoms with Gasteiger partial charge in [-0.3, -0.25) is 4.57 Å². The third kappa shape index (κ3) is 1.93. The zero-order chi connectivity index (χ0) is 7.56. The molecule has 0 saturated carbocycles. The van der Waals surface area contributed by atoms with Crippen molar-refractivity contribution in [1.82, 2.24) is 0 Å². The van der Waals surface area contributed by atoms with E-state index in [1.807, 2.05) is 0 Å². The molecule has 0 heterocycles. The smallest absolute Gasteiger partial charge is 0.261 e. The van der Waals surface area contributed by atoms with Crippen molar-refractivity contribution in [2.24, 2.45) is 0 Å². The highest BCUT2D eigenvalue weighted by molar-refractivity contribution is 9.10. The summed E-state index contributed by atoms with van der Waals surface area (Å²) in [6, 6.07) is 6.34. The molecule has 0 aliphatic rings. The Bertz CT molecular complexity index is 246. The molecule has 0 aliphatic heterocycles. The molecule has 1 rings (SSSR count). The molecule has 4 heteroatoms. The molecule has 0 spiro atoms. The highest BCUT2D eigenvalue weighted by Gasteiger charge is 1.97. The summed E-state index contributed by atoms with van der Waals surface area (Å²) in [7, 11) is -3.00. The first-order valence-corrected chi connectivity index (χ1v) is 4.73. The molecular formula is C6H5BrFOP. The van der Waals surface area contributed by atoms with E-state index in [-0.39, 0.29) is 5.30 Å². The van der Waals surface area contributed by atoms with Gasteiger partial charge in [0.25, 0.3) is 8.11 Å². The van der Waals surface area contributed by atoms with Gasteiger partial charge < -0.3 is 0 Å². The number of hydrogen-bond donors (Lipinski definition) is 0. The van der Waals surface area contributed by atoms with Crippen molar-refractivity contribution in [2.75, 3.05) is 0 Å². The van der Waals surface area contributed by atoms with E-state index in [1.54, 1.807) is 12.1 Å². The van der Waals surface area contributed by atoms with Crippen molar-refractivity contribution in [2.45, 2.75) is 0 Å². The van der Waals surface area contributed by atoms with E-state index >= 15 is 0 Å². The van der Waals surface area contributed by atoms with Crippen LogP contribution in [0.5, 0.6) is 0 Å². The molecular weight excluding hydrogens is 218 g/mol. The molecule has 1 unspecified atom stereocenters. The number of rotatable bonds is 1. The van der Waals surface area contributed by atoms with Crippen LogP contribution in [-0.4, -0.2) is 0 Å². The predicted molar refractivity (Wildman–Crippen MR) is 43.9 cm³/mol. The van der Waals surface area contributed by atoms with Gasteiger partial charge in [-0.15, -0.1) is 0 Å². The molecule has 1 aromatic carbocycles. The maximum atomic E-state index is 12.1. The fourth-order valence-electron chi connectivity index (χ4n) is 0.581. The van der Waals surface area contributed by atoms with Crippen molar-refractivity contribution < 1.29 is 8.76 Å². The molecule has 54 valence electrons. The molecule has 0 aromatic heterocycles. The van der Waals surface area contributed by atoms with Crippen molar-refractivity contribution in [1.29, 1.82) is 0 Å². The van der Waals surface area contributed by atoms with Gasteiger partial charge in [0.2, 0.25) is 0 Å². The van der Waals surface area contributed by atoms with E-state index in [0.29, 0.717) is 0 Å². The minimum atomic E-state index is -3.00. The van der Waals surface area contributed by atoms with Crippen LogP contribution >= 0.6 is 24.0 Å². The second-order valence-electron chi connectivity index (χ2n) is 1.78. The third-order valence-electron chi connectivity index (χ3n) is 1.07. The zero-order valence-corrected chi connectivity index (χ0v) is 7.56. The predicted octanol–water partition coefficient (Wildman–Crippen LogP) is 2.52. The van der Waals surface area contributed by atoms with Gasteiger partial charge in [0.1, 0.15) is 0 Å². The largest absolute Gasteiger partial charge is 0.286 e. The van der Waals surface area contributed by atoms with E-state index < -0.39 is 8.11 Å². The Morgan fingerprint density at radius 2 is 1.80 bits per heavy atom. The van der Waals surface area contributed by atoms with E-state index in [2.05, 4.69) is 15.9 Å². The second kappa shape index (κ2) is 3.31. The second-order valence-corrected chi connectivity index (χ2v) is 3.82. The topological polar surface area (TPSA) is 17.1 Å². The Kier molecular flexibility index (Phi) is 2.64. The Morgan fingerprint density at radius 1 is 1.30 bits per heavy atom. The fraction of sp³-hybridized carbons (Fsp3) is 0. The normalized spacial score (nSPS) is 13.0. The van der Waals surface area contributed by atoms with Gasteiger partial charge in [0.05, 0.1) is 0 Å². The van der Waals surface area contributed by atoms with Gasteiger partial charge in [0.15, 0.2) is 0 Å². The molecule has 1 nitrogen and oxygen atoms in total. The van der Waals surface area contributed by atoms with Gasteiger partial charge >= 0.3 is 0 Å². The Balaban J connectivity index is 3.00.